The molecule has 0 radical (unpaired) electrons. The summed E-state index contributed by atoms with van der Waals surface area (Å²) in [6.07, 6.45) is 3.77. The van der Waals surface area contributed by atoms with Gasteiger partial charge in [-0.25, -0.2) is 0 Å². The van der Waals surface area contributed by atoms with E-state index in [1.165, 1.54) is 11.2 Å². The molecule has 0 N–H and O–H groups in total. The standard InChI is InChI=1S/C10H8O2.C3H7NO/c11-6-8-5-9-3-1-2-4-10(9)12-7-8;1-4(2)3-5/h1-4,6-7H,5H2;3H,1-2H3. The summed E-state index contributed by atoms with van der Waals surface area (Å²) in [5, 5.41) is 0. The van der Waals surface area contributed by atoms with E-state index in [0.29, 0.717) is 12.0 Å². The van der Waals surface area contributed by atoms with Crippen LogP contribution in [0.3, 0.4) is 0 Å². The molecule has 0 saturated carbocycles. The van der Waals surface area contributed by atoms with Crippen LogP contribution in [-0.4, -0.2) is 31.7 Å². The van der Waals surface area contributed by atoms with Crippen LogP contribution in [0.2, 0.25) is 0 Å². The molecule has 0 aromatic heterocycles. The van der Waals surface area contributed by atoms with Gasteiger partial charge in [0.15, 0.2) is 0 Å². The maximum absolute atomic E-state index is 10.4. The highest BCUT2D eigenvalue weighted by Gasteiger charge is 2.10. The highest BCUT2D eigenvalue weighted by molar-refractivity contribution is 5.74. The van der Waals surface area contributed by atoms with Crippen molar-refractivity contribution < 1.29 is 14.3 Å². The van der Waals surface area contributed by atoms with Gasteiger partial charge < -0.3 is 9.64 Å². The fourth-order valence-corrected chi connectivity index (χ4v) is 1.24. The molecule has 0 bridgehead atoms. The van der Waals surface area contributed by atoms with E-state index >= 15 is 0 Å². The van der Waals surface area contributed by atoms with Gasteiger partial charge in [-0.2, -0.15) is 0 Å². The van der Waals surface area contributed by atoms with Crippen LogP contribution in [0.5, 0.6) is 5.75 Å². The lowest BCUT2D eigenvalue weighted by Gasteiger charge is -2.13. The monoisotopic (exact) mass is 233 g/mol. The molecule has 1 aromatic rings. The van der Waals surface area contributed by atoms with E-state index in [-0.39, 0.29) is 0 Å². The van der Waals surface area contributed by atoms with E-state index < -0.39 is 0 Å². The van der Waals surface area contributed by atoms with Gasteiger partial charge >= 0.3 is 0 Å². The van der Waals surface area contributed by atoms with Gasteiger partial charge in [0, 0.05) is 26.1 Å². The van der Waals surface area contributed by atoms with Crippen molar-refractivity contribution in [2.45, 2.75) is 6.42 Å². The summed E-state index contributed by atoms with van der Waals surface area (Å²) in [5.41, 5.74) is 1.76. The lowest BCUT2D eigenvalue weighted by molar-refractivity contribution is -0.115. The molecule has 1 aliphatic heterocycles. The summed E-state index contributed by atoms with van der Waals surface area (Å²) in [4.78, 5) is 21.3. The minimum atomic E-state index is 0.680. The number of aldehydes is 1. The zero-order valence-corrected chi connectivity index (χ0v) is 9.92. The Hall–Kier alpha value is -2.10. The molecule has 4 heteroatoms. The first-order chi connectivity index (χ1) is 8.17. The highest BCUT2D eigenvalue weighted by Crippen LogP contribution is 2.24. The smallest absolute Gasteiger partial charge is 0.209 e. The Kier molecular flexibility index (Phi) is 4.94. The van der Waals surface area contributed by atoms with E-state index in [4.69, 9.17) is 4.74 Å². The van der Waals surface area contributed by atoms with Crippen LogP contribution < -0.4 is 4.74 Å². The van der Waals surface area contributed by atoms with Gasteiger partial charge in [-0.1, -0.05) is 18.2 Å². The van der Waals surface area contributed by atoms with Gasteiger partial charge in [0.05, 0.1) is 6.26 Å². The number of fused-ring (bicyclic) bond motifs is 1. The predicted molar refractivity (Wildman–Crippen MR) is 64.7 cm³/mol. The van der Waals surface area contributed by atoms with Gasteiger partial charge in [0.2, 0.25) is 6.41 Å². The Labute approximate surface area is 100 Å². The molecule has 0 atom stereocenters. The number of amides is 1. The number of hydrogen-bond acceptors (Lipinski definition) is 3. The zero-order valence-electron chi connectivity index (χ0n) is 9.92. The van der Waals surface area contributed by atoms with Gasteiger partial charge in [0.1, 0.15) is 12.0 Å². The van der Waals surface area contributed by atoms with Crippen molar-refractivity contribution in [3.05, 3.63) is 41.7 Å². The second kappa shape index (κ2) is 6.48. The van der Waals surface area contributed by atoms with E-state index in [1.807, 2.05) is 24.3 Å². The Bertz CT molecular complexity index is 424. The third-order valence-electron chi connectivity index (χ3n) is 2.07. The van der Waals surface area contributed by atoms with E-state index in [2.05, 4.69) is 0 Å². The van der Waals surface area contributed by atoms with Crippen LogP contribution in [0.1, 0.15) is 5.56 Å². The van der Waals surface area contributed by atoms with Crippen LogP contribution in [0.15, 0.2) is 36.1 Å². The molecule has 17 heavy (non-hydrogen) atoms. The second-order valence-corrected chi connectivity index (χ2v) is 3.78. The number of carbonyl (C=O) groups is 2. The normalized spacial score (nSPS) is 12.0. The summed E-state index contributed by atoms with van der Waals surface area (Å²) >= 11 is 0. The van der Waals surface area contributed by atoms with Crippen molar-refractivity contribution >= 4 is 12.7 Å². The average Bonchev–Trinajstić information content (AvgIpc) is 2.38. The third kappa shape index (κ3) is 4.10. The maximum atomic E-state index is 10.4. The minimum absolute atomic E-state index is 0.680. The predicted octanol–water partition coefficient (Wildman–Crippen LogP) is 1.41. The highest BCUT2D eigenvalue weighted by atomic mass is 16.5. The number of benzene rings is 1. The van der Waals surface area contributed by atoms with Crippen molar-refractivity contribution in [1.82, 2.24) is 4.90 Å². The first-order valence-corrected chi connectivity index (χ1v) is 5.18. The number of carbonyl (C=O) groups excluding carboxylic acids is 2. The molecule has 0 aliphatic carbocycles. The van der Waals surface area contributed by atoms with Crippen LogP contribution in [-0.2, 0) is 16.0 Å². The minimum Gasteiger partial charge on any atom is -0.464 e. The molecular weight excluding hydrogens is 218 g/mol. The van der Waals surface area contributed by atoms with Crippen LogP contribution in [0, 0.1) is 0 Å². The molecule has 4 nitrogen and oxygen atoms in total. The molecule has 1 aromatic carbocycles. The molecule has 2 rings (SSSR count). The SMILES string of the molecule is CN(C)C=O.O=CC1=COc2ccccc2C1. The Morgan fingerprint density at radius 3 is 2.47 bits per heavy atom. The lowest BCUT2D eigenvalue weighted by Crippen LogP contribution is -2.06. The van der Waals surface area contributed by atoms with E-state index in [9.17, 15) is 9.59 Å². The summed E-state index contributed by atoms with van der Waals surface area (Å²) in [6, 6.07) is 7.72. The molecule has 1 heterocycles. The fourth-order valence-electron chi connectivity index (χ4n) is 1.24. The molecular formula is C13H15NO3. The Morgan fingerprint density at radius 2 is 1.88 bits per heavy atom. The summed E-state index contributed by atoms with van der Waals surface area (Å²) in [5.74, 6) is 0.850. The third-order valence-corrected chi connectivity index (χ3v) is 2.07. The first kappa shape index (κ1) is 13.0. The van der Waals surface area contributed by atoms with Gasteiger partial charge in [-0.05, 0) is 11.6 Å². The Balaban J connectivity index is 0.000000249. The molecule has 0 fully saturated rings. The van der Waals surface area contributed by atoms with Crippen LogP contribution in [0.4, 0.5) is 0 Å². The van der Waals surface area contributed by atoms with Crippen molar-refractivity contribution in [3.8, 4) is 5.75 Å². The van der Waals surface area contributed by atoms with Crippen molar-refractivity contribution in [3.63, 3.8) is 0 Å². The Morgan fingerprint density at radius 1 is 1.24 bits per heavy atom. The number of hydrogen-bond donors (Lipinski definition) is 0. The maximum Gasteiger partial charge on any atom is 0.209 e. The fraction of sp³-hybridized carbons (Fsp3) is 0.231. The number of allylic oxidation sites excluding steroid dienone is 1. The van der Waals surface area contributed by atoms with Crippen LogP contribution >= 0.6 is 0 Å². The van der Waals surface area contributed by atoms with Crippen molar-refractivity contribution in [2.75, 3.05) is 14.1 Å². The second-order valence-electron chi connectivity index (χ2n) is 3.78. The number of rotatable bonds is 2. The summed E-state index contributed by atoms with van der Waals surface area (Å²) in [7, 11) is 3.38. The number of ether oxygens (including phenoxy) is 1. The first-order valence-electron chi connectivity index (χ1n) is 5.18. The van der Waals surface area contributed by atoms with Gasteiger partial charge in [-0.3, -0.25) is 9.59 Å². The van der Waals surface area contributed by atoms with Gasteiger partial charge in [-0.15, -0.1) is 0 Å². The van der Waals surface area contributed by atoms with E-state index in [1.54, 1.807) is 14.1 Å². The lowest BCUT2D eigenvalue weighted by atomic mass is 10.0. The molecule has 1 aliphatic rings. The number of nitrogens with zero attached hydrogens (tertiary/aromatic N) is 1. The summed E-state index contributed by atoms with van der Waals surface area (Å²) < 4.78 is 5.23. The van der Waals surface area contributed by atoms with E-state index in [0.717, 1.165) is 24.0 Å². The largest absolute Gasteiger partial charge is 0.464 e. The molecule has 0 saturated heterocycles. The molecule has 0 unspecified atom stereocenters. The van der Waals surface area contributed by atoms with Gasteiger partial charge in [0.25, 0.3) is 0 Å². The quantitative estimate of drug-likeness (QED) is 0.725. The van der Waals surface area contributed by atoms with Crippen molar-refractivity contribution in [1.29, 1.82) is 0 Å². The average molecular weight is 233 g/mol. The molecule has 0 spiro atoms. The summed E-state index contributed by atoms with van der Waals surface area (Å²) in [6.45, 7) is 0. The number of para-hydroxylation sites is 1. The van der Waals surface area contributed by atoms with Crippen LogP contribution in [0.25, 0.3) is 0 Å². The topological polar surface area (TPSA) is 46.6 Å². The molecule has 1 amide bonds. The van der Waals surface area contributed by atoms with Crippen molar-refractivity contribution in [2.24, 2.45) is 0 Å². The zero-order chi connectivity index (χ0) is 12.7. The molecule has 90 valence electrons.